The lowest BCUT2D eigenvalue weighted by atomic mass is 10.1. The fraction of sp³-hybridized carbons (Fsp3) is 0.385. The van der Waals surface area contributed by atoms with E-state index in [1.54, 1.807) is 6.92 Å². The maximum Gasteiger partial charge on any atom is 0.573 e. The van der Waals surface area contributed by atoms with Crippen molar-refractivity contribution < 1.29 is 27.4 Å². The Kier molecular flexibility index (Phi) is 5.38. The Labute approximate surface area is 113 Å². The molecule has 0 bridgehead atoms. The Morgan fingerprint density at radius 2 is 2.10 bits per heavy atom. The fourth-order valence-corrected chi connectivity index (χ4v) is 1.51. The molecule has 0 N–H and O–H groups in total. The summed E-state index contributed by atoms with van der Waals surface area (Å²) in [6.45, 7) is 1.58. The number of carbonyl (C=O) groups excluding carboxylic acids is 1. The quantitative estimate of drug-likeness (QED) is 0.780. The minimum absolute atomic E-state index is 0.0344. The minimum atomic E-state index is -4.89. The number of nitriles is 1. The Hall–Kier alpha value is -2.23. The standard InChI is InChI=1S/C13H12F3NO3/c1-2-19-12(18)10-8-9(4-3-7-17)5-6-11(10)20-13(14,15)16/h5-6,8H,2-4H2,1H3. The molecule has 0 spiro atoms. The van der Waals surface area contributed by atoms with Crippen LogP contribution in [0.15, 0.2) is 18.2 Å². The number of benzene rings is 1. The average Bonchev–Trinajstić information content (AvgIpc) is 2.36. The van der Waals surface area contributed by atoms with Gasteiger partial charge >= 0.3 is 12.3 Å². The summed E-state index contributed by atoms with van der Waals surface area (Å²) in [6.07, 6.45) is -4.37. The molecule has 1 rings (SSSR count). The van der Waals surface area contributed by atoms with Gasteiger partial charge in [-0.05, 0) is 31.0 Å². The molecule has 7 heteroatoms. The van der Waals surface area contributed by atoms with Crippen molar-refractivity contribution in [2.24, 2.45) is 0 Å². The van der Waals surface area contributed by atoms with Gasteiger partial charge in [-0.3, -0.25) is 0 Å². The van der Waals surface area contributed by atoms with Crippen LogP contribution in [-0.4, -0.2) is 18.9 Å². The molecule has 0 atom stereocenters. The van der Waals surface area contributed by atoms with Crippen LogP contribution in [0, 0.1) is 11.3 Å². The second-order valence-corrected chi connectivity index (χ2v) is 3.76. The molecule has 0 saturated heterocycles. The van der Waals surface area contributed by atoms with Crippen molar-refractivity contribution in [1.29, 1.82) is 5.26 Å². The molecule has 0 amide bonds. The van der Waals surface area contributed by atoms with E-state index in [1.807, 2.05) is 6.07 Å². The van der Waals surface area contributed by atoms with Gasteiger partial charge in [-0.1, -0.05) is 6.07 Å². The molecule has 0 saturated carbocycles. The first-order chi connectivity index (χ1) is 9.37. The van der Waals surface area contributed by atoms with Gasteiger partial charge in [0.15, 0.2) is 0 Å². The van der Waals surface area contributed by atoms with Gasteiger partial charge in [0.2, 0.25) is 0 Å². The average molecular weight is 287 g/mol. The highest BCUT2D eigenvalue weighted by molar-refractivity contribution is 5.92. The summed E-state index contributed by atoms with van der Waals surface area (Å²) < 4.78 is 45.3. The van der Waals surface area contributed by atoms with Crippen LogP contribution in [0.3, 0.4) is 0 Å². The minimum Gasteiger partial charge on any atom is -0.462 e. The molecule has 0 aliphatic carbocycles. The van der Waals surface area contributed by atoms with E-state index in [9.17, 15) is 18.0 Å². The SMILES string of the molecule is CCOC(=O)c1cc(CCC#N)ccc1OC(F)(F)F. The summed E-state index contributed by atoms with van der Waals surface area (Å²) in [5.41, 5.74) is 0.253. The third-order valence-electron chi connectivity index (χ3n) is 2.29. The van der Waals surface area contributed by atoms with Gasteiger partial charge in [0, 0.05) is 6.42 Å². The van der Waals surface area contributed by atoms with E-state index in [4.69, 9.17) is 10.00 Å². The molecular formula is C13H12F3NO3. The Morgan fingerprint density at radius 1 is 1.40 bits per heavy atom. The molecule has 0 aromatic heterocycles. The number of alkyl halides is 3. The summed E-state index contributed by atoms with van der Waals surface area (Å²) >= 11 is 0. The first kappa shape index (κ1) is 15.8. The normalized spacial score (nSPS) is 10.8. The van der Waals surface area contributed by atoms with Crippen LogP contribution in [-0.2, 0) is 11.2 Å². The smallest absolute Gasteiger partial charge is 0.462 e. The molecule has 108 valence electrons. The van der Waals surface area contributed by atoms with Crippen molar-refractivity contribution in [1.82, 2.24) is 0 Å². The van der Waals surface area contributed by atoms with Crippen LogP contribution in [0.2, 0.25) is 0 Å². The Bertz CT molecular complexity index is 521. The van der Waals surface area contributed by atoms with Crippen LogP contribution in [0.4, 0.5) is 13.2 Å². The molecule has 0 fully saturated rings. The first-order valence-corrected chi connectivity index (χ1v) is 5.80. The molecule has 4 nitrogen and oxygen atoms in total. The van der Waals surface area contributed by atoms with Crippen LogP contribution < -0.4 is 4.74 Å². The molecule has 0 radical (unpaired) electrons. The summed E-state index contributed by atoms with van der Waals surface area (Å²) in [6, 6.07) is 5.59. The number of hydrogen-bond acceptors (Lipinski definition) is 4. The maximum absolute atomic E-state index is 12.3. The predicted molar refractivity (Wildman–Crippen MR) is 63.0 cm³/mol. The summed E-state index contributed by atoms with van der Waals surface area (Å²) in [5.74, 6) is -1.51. The van der Waals surface area contributed by atoms with Gasteiger partial charge in [-0.25, -0.2) is 4.79 Å². The van der Waals surface area contributed by atoms with Crippen molar-refractivity contribution in [2.75, 3.05) is 6.61 Å². The molecule has 1 aromatic carbocycles. The monoisotopic (exact) mass is 287 g/mol. The van der Waals surface area contributed by atoms with E-state index in [0.717, 1.165) is 6.07 Å². The van der Waals surface area contributed by atoms with Crippen molar-refractivity contribution in [3.05, 3.63) is 29.3 Å². The van der Waals surface area contributed by atoms with Gasteiger partial charge in [-0.15, -0.1) is 13.2 Å². The van der Waals surface area contributed by atoms with Gasteiger partial charge in [0.25, 0.3) is 0 Å². The Morgan fingerprint density at radius 3 is 2.65 bits per heavy atom. The van der Waals surface area contributed by atoms with Crippen molar-refractivity contribution in [3.63, 3.8) is 0 Å². The number of rotatable bonds is 5. The molecule has 20 heavy (non-hydrogen) atoms. The van der Waals surface area contributed by atoms with E-state index in [1.165, 1.54) is 12.1 Å². The molecule has 0 aliphatic rings. The van der Waals surface area contributed by atoms with Crippen molar-refractivity contribution in [3.8, 4) is 11.8 Å². The lowest BCUT2D eigenvalue weighted by Crippen LogP contribution is -2.19. The highest BCUT2D eigenvalue weighted by Crippen LogP contribution is 2.28. The maximum atomic E-state index is 12.3. The third-order valence-corrected chi connectivity index (χ3v) is 2.29. The lowest BCUT2D eigenvalue weighted by molar-refractivity contribution is -0.274. The van der Waals surface area contributed by atoms with Gasteiger partial charge in [0.1, 0.15) is 11.3 Å². The zero-order valence-corrected chi connectivity index (χ0v) is 10.7. The largest absolute Gasteiger partial charge is 0.573 e. The van der Waals surface area contributed by atoms with Gasteiger partial charge < -0.3 is 9.47 Å². The fourth-order valence-electron chi connectivity index (χ4n) is 1.51. The molecule has 0 aliphatic heterocycles. The molecular weight excluding hydrogens is 275 g/mol. The first-order valence-electron chi connectivity index (χ1n) is 5.80. The summed E-state index contributed by atoms with van der Waals surface area (Å²) in [4.78, 5) is 11.6. The van der Waals surface area contributed by atoms with E-state index in [2.05, 4.69) is 4.74 Å². The number of ether oxygens (including phenoxy) is 2. The number of esters is 1. The highest BCUT2D eigenvalue weighted by Gasteiger charge is 2.33. The topological polar surface area (TPSA) is 59.3 Å². The van der Waals surface area contributed by atoms with Crippen molar-refractivity contribution >= 4 is 5.97 Å². The number of carbonyl (C=O) groups is 1. The summed E-state index contributed by atoms with van der Waals surface area (Å²) in [5, 5.41) is 8.48. The van der Waals surface area contributed by atoms with Crippen LogP contribution in [0.5, 0.6) is 5.75 Å². The second kappa shape index (κ2) is 6.80. The summed E-state index contributed by atoms with van der Waals surface area (Å²) in [7, 11) is 0. The molecule has 0 heterocycles. The second-order valence-electron chi connectivity index (χ2n) is 3.76. The number of aryl methyl sites for hydroxylation is 1. The Balaban J connectivity index is 3.10. The number of halogens is 3. The van der Waals surface area contributed by atoms with Crippen molar-refractivity contribution in [2.45, 2.75) is 26.1 Å². The van der Waals surface area contributed by atoms with E-state index < -0.39 is 18.1 Å². The zero-order valence-electron chi connectivity index (χ0n) is 10.7. The lowest BCUT2D eigenvalue weighted by Gasteiger charge is -2.13. The van der Waals surface area contributed by atoms with Gasteiger partial charge in [0.05, 0.1) is 12.7 Å². The molecule has 0 unspecified atom stereocenters. The molecule has 1 aromatic rings. The van der Waals surface area contributed by atoms with E-state index in [0.29, 0.717) is 12.0 Å². The third kappa shape index (κ3) is 4.80. The van der Waals surface area contributed by atoms with E-state index in [-0.39, 0.29) is 18.6 Å². The van der Waals surface area contributed by atoms with Gasteiger partial charge in [-0.2, -0.15) is 5.26 Å². The zero-order chi connectivity index (χ0) is 15.2. The van der Waals surface area contributed by atoms with E-state index >= 15 is 0 Å². The van der Waals surface area contributed by atoms with Crippen LogP contribution in [0.25, 0.3) is 0 Å². The van der Waals surface area contributed by atoms with Crippen LogP contribution >= 0.6 is 0 Å². The number of hydrogen-bond donors (Lipinski definition) is 0. The highest BCUT2D eigenvalue weighted by atomic mass is 19.4. The van der Waals surface area contributed by atoms with Crippen LogP contribution in [0.1, 0.15) is 29.3 Å². The predicted octanol–water partition coefficient (Wildman–Crippen LogP) is 3.22. The number of nitrogens with zero attached hydrogens (tertiary/aromatic N) is 1.